The molecular formula is C17H24BrNO. The van der Waals surface area contributed by atoms with Gasteiger partial charge in [0.05, 0.1) is 6.04 Å². The van der Waals surface area contributed by atoms with E-state index in [1.807, 2.05) is 6.07 Å². The zero-order chi connectivity index (χ0) is 14.9. The van der Waals surface area contributed by atoms with Gasteiger partial charge in [-0.15, -0.1) is 0 Å². The number of rotatable bonds is 3. The normalized spacial score (nSPS) is 23.2. The Morgan fingerprint density at radius 3 is 2.70 bits per heavy atom. The van der Waals surface area contributed by atoms with Crippen LogP contribution in [0.2, 0.25) is 0 Å². The number of benzene rings is 1. The smallest absolute Gasteiger partial charge is 0.220 e. The van der Waals surface area contributed by atoms with Crippen LogP contribution in [0.5, 0.6) is 0 Å². The number of hydrogen-bond donors (Lipinski definition) is 1. The van der Waals surface area contributed by atoms with E-state index in [9.17, 15) is 4.79 Å². The molecule has 2 nitrogen and oxygen atoms in total. The van der Waals surface area contributed by atoms with E-state index in [2.05, 4.69) is 67.1 Å². The van der Waals surface area contributed by atoms with Gasteiger partial charge in [-0.05, 0) is 28.9 Å². The number of amides is 1. The summed E-state index contributed by atoms with van der Waals surface area (Å²) in [5, 5.41) is 3.20. The molecule has 0 spiro atoms. The average Bonchev–Trinajstić information content (AvgIpc) is 2.65. The van der Waals surface area contributed by atoms with Crippen LogP contribution in [0.25, 0.3) is 0 Å². The molecule has 1 aliphatic rings. The van der Waals surface area contributed by atoms with Crippen molar-refractivity contribution in [2.24, 2.45) is 11.3 Å². The first-order valence-corrected chi connectivity index (χ1v) is 8.22. The van der Waals surface area contributed by atoms with Crippen LogP contribution in [-0.4, -0.2) is 10.7 Å². The summed E-state index contributed by atoms with van der Waals surface area (Å²) in [4.78, 5) is 12.6. The van der Waals surface area contributed by atoms with Crippen LogP contribution < -0.4 is 5.32 Å². The van der Waals surface area contributed by atoms with Gasteiger partial charge in [-0.1, -0.05) is 67.9 Å². The number of nitrogens with one attached hydrogen (secondary N) is 1. The first kappa shape index (κ1) is 15.6. The fraction of sp³-hybridized carbons (Fsp3) is 0.588. The second kappa shape index (κ2) is 5.88. The van der Waals surface area contributed by atoms with Crippen LogP contribution in [0.1, 0.15) is 51.3 Å². The lowest BCUT2D eigenvalue weighted by Crippen LogP contribution is -2.34. The SMILES string of the molecule is CC(CC(=O)NC1c2ccccc2CC1Br)C(C)(C)C. The summed E-state index contributed by atoms with van der Waals surface area (Å²) in [6.07, 6.45) is 1.57. The lowest BCUT2D eigenvalue weighted by atomic mass is 9.80. The van der Waals surface area contributed by atoms with Gasteiger partial charge in [-0.2, -0.15) is 0 Å². The predicted octanol–water partition coefficient (Wildman–Crippen LogP) is 4.24. The molecule has 1 aromatic rings. The zero-order valence-corrected chi connectivity index (χ0v) is 14.3. The molecule has 0 fully saturated rings. The quantitative estimate of drug-likeness (QED) is 0.821. The maximum absolute atomic E-state index is 12.3. The molecule has 2 rings (SSSR count). The Balaban J connectivity index is 2.02. The van der Waals surface area contributed by atoms with E-state index < -0.39 is 0 Å². The molecule has 1 amide bonds. The van der Waals surface area contributed by atoms with Crippen molar-refractivity contribution in [2.75, 3.05) is 0 Å². The van der Waals surface area contributed by atoms with Crippen molar-refractivity contribution in [3.8, 4) is 0 Å². The molecule has 0 heterocycles. The van der Waals surface area contributed by atoms with Crippen molar-refractivity contribution in [1.29, 1.82) is 0 Å². The van der Waals surface area contributed by atoms with Gasteiger partial charge in [-0.3, -0.25) is 4.79 Å². The zero-order valence-electron chi connectivity index (χ0n) is 12.7. The summed E-state index contributed by atoms with van der Waals surface area (Å²) in [6, 6.07) is 8.47. The molecule has 0 bridgehead atoms. The molecule has 3 heteroatoms. The molecular weight excluding hydrogens is 314 g/mol. The third-order valence-corrected chi connectivity index (χ3v) is 5.31. The fourth-order valence-corrected chi connectivity index (χ4v) is 3.30. The molecule has 3 unspecified atom stereocenters. The van der Waals surface area contributed by atoms with E-state index in [0.717, 1.165) is 6.42 Å². The van der Waals surface area contributed by atoms with E-state index in [0.29, 0.717) is 17.2 Å². The number of halogens is 1. The van der Waals surface area contributed by atoms with Crippen molar-refractivity contribution in [3.05, 3.63) is 35.4 Å². The third-order valence-electron chi connectivity index (χ3n) is 4.45. The summed E-state index contributed by atoms with van der Waals surface area (Å²) in [5.41, 5.74) is 2.76. The van der Waals surface area contributed by atoms with Gasteiger partial charge in [0.1, 0.15) is 0 Å². The Morgan fingerprint density at radius 2 is 2.05 bits per heavy atom. The van der Waals surface area contributed by atoms with Crippen molar-refractivity contribution in [2.45, 2.75) is 51.4 Å². The molecule has 1 aromatic carbocycles. The molecule has 0 radical (unpaired) electrons. The first-order chi connectivity index (χ1) is 9.29. The molecule has 20 heavy (non-hydrogen) atoms. The number of fused-ring (bicyclic) bond motifs is 1. The summed E-state index contributed by atoms with van der Waals surface area (Å²) >= 11 is 3.71. The van der Waals surface area contributed by atoms with Crippen molar-refractivity contribution >= 4 is 21.8 Å². The predicted molar refractivity (Wildman–Crippen MR) is 87.0 cm³/mol. The minimum Gasteiger partial charge on any atom is -0.348 e. The topological polar surface area (TPSA) is 29.1 Å². The second-order valence-electron chi connectivity index (χ2n) is 6.94. The Labute approximate surface area is 130 Å². The monoisotopic (exact) mass is 337 g/mol. The van der Waals surface area contributed by atoms with Gasteiger partial charge in [0.2, 0.25) is 5.91 Å². The van der Waals surface area contributed by atoms with E-state index in [-0.39, 0.29) is 17.4 Å². The van der Waals surface area contributed by atoms with Crippen LogP contribution in [-0.2, 0) is 11.2 Å². The standard InChI is InChI=1S/C17H24BrNO/c1-11(17(2,3)4)9-15(20)19-16-13-8-6-5-7-12(13)10-14(16)18/h5-8,11,14,16H,9-10H2,1-4H3,(H,19,20). The molecule has 110 valence electrons. The molecule has 1 aliphatic carbocycles. The van der Waals surface area contributed by atoms with Crippen molar-refractivity contribution in [3.63, 3.8) is 0 Å². The van der Waals surface area contributed by atoms with Gasteiger partial charge < -0.3 is 5.32 Å². The summed E-state index contributed by atoms with van der Waals surface area (Å²) in [7, 11) is 0. The number of carbonyl (C=O) groups is 1. The molecule has 0 saturated heterocycles. The first-order valence-electron chi connectivity index (χ1n) is 7.30. The Morgan fingerprint density at radius 1 is 1.40 bits per heavy atom. The highest BCUT2D eigenvalue weighted by molar-refractivity contribution is 9.09. The number of carbonyl (C=O) groups excluding carboxylic acids is 1. The largest absolute Gasteiger partial charge is 0.348 e. The van der Waals surface area contributed by atoms with Crippen LogP contribution in [0.4, 0.5) is 0 Å². The Kier molecular flexibility index (Phi) is 4.58. The molecule has 1 N–H and O–H groups in total. The minimum atomic E-state index is 0.103. The number of hydrogen-bond acceptors (Lipinski definition) is 1. The van der Waals surface area contributed by atoms with Crippen molar-refractivity contribution in [1.82, 2.24) is 5.32 Å². The lowest BCUT2D eigenvalue weighted by Gasteiger charge is -2.27. The molecule has 0 aliphatic heterocycles. The van der Waals surface area contributed by atoms with Gasteiger partial charge in [-0.25, -0.2) is 0 Å². The van der Waals surface area contributed by atoms with Gasteiger partial charge >= 0.3 is 0 Å². The third kappa shape index (κ3) is 3.43. The Hall–Kier alpha value is -0.830. The highest BCUT2D eigenvalue weighted by Gasteiger charge is 2.32. The molecule has 0 saturated carbocycles. The average molecular weight is 338 g/mol. The molecule has 0 aromatic heterocycles. The highest BCUT2D eigenvalue weighted by Crippen LogP contribution is 2.36. The van der Waals surface area contributed by atoms with Crippen LogP contribution in [0.3, 0.4) is 0 Å². The minimum absolute atomic E-state index is 0.103. The summed E-state index contributed by atoms with van der Waals surface area (Å²) < 4.78 is 0. The van der Waals surface area contributed by atoms with Crippen molar-refractivity contribution < 1.29 is 4.79 Å². The van der Waals surface area contributed by atoms with Crippen LogP contribution >= 0.6 is 15.9 Å². The fourth-order valence-electron chi connectivity index (χ4n) is 2.53. The summed E-state index contributed by atoms with van der Waals surface area (Å²) in [6.45, 7) is 8.70. The van der Waals surface area contributed by atoms with Crippen LogP contribution in [0, 0.1) is 11.3 Å². The second-order valence-corrected chi connectivity index (χ2v) is 8.11. The van der Waals surface area contributed by atoms with E-state index in [1.165, 1.54) is 11.1 Å². The lowest BCUT2D eigenvalue weighted by molar-refractivity contribution is -0.123. The van der Waals surface area contributed by atoms with Gasteiger partial charge in [0.15, 0.2) is 0 Å². The highest BCUT2D eigenvalue weighted by atomic mass is 79.9. The van der Waals surface area contributed by atoms with Gasteiger partial charge in [0.25, 0.3) is 0 Å². The van der Waals surface area contributed by atoms with Gasteiger partial charge in [0, 0.05) is 11.2 Å². The Bertz CT molecular complexity index is 492. The van der Waals surface area contributed by atoms with E-state index in [1.54, 1.807) is 0 Å². The maximum Gasteiger partial charge on any atom is 0.220 e. The maximum atomic E-state index is 12.3. The van der Waals surface area contributed by atoms with Crippen LogP contribution in [0.15, 0.2) is 24.3 Å². The van der Waals surface area contributed by atoms with E-state index >= 15 is 0 Å². The summed E-state index contributed by atoms with van der Waals surface area (Å²) in [5.74, 6) is 0.520. The molecule has 3 atom stereocenters. The number of alkyl halides is 1. The van der Waals surface area contributed by atoms with E-state index in [4.69, 9.17) is 0 Å².